The largest absolute Gasteiger partial charge is 0.309 e. The van der Waals surface area contributed by atoms with Crippen molar-refractivity contribution in [2.45, 2.75) is 6.42 Å². The molecule has 0 aromatic heterocycles. The molecule has 0 spiro atoms. The van der Waals surface area contributed by atoms with E-state index in [0.717, 1.165) is 45.2 Å². The van der Waals surface area contributed by atoms with Crippen LogP contribution in [0.1, 0.15) is 6.42 Å². The molecule has 0 aromatic rings. The molecule has 1 rings (SSSR count). The molecule has 1 aliphatic rings. The standard InChI is InChI=1S/C15H36N6/c1-17(2)8-7-15-13-20(11-9-18(3)4)16-21(14-15)12-10-19(5)6/h15-16H,7-14H2,1-6H3. The molecule has 1 fully saturated rings. The zero-order chi connectivity index (χ0) is 15.8. The molecule has 0 aliphatic carbocycles. The fourth-order valence-corrected chi connectivity index (χ4v) is 2.51. The third kappa shape index (κ3) is 8.70. The molecule has 21 heavy (non-hydrogen) atoms. The van der Waals surface area contributed by atoms with Gasteiger partial charge in [0.05, 0.1) is 0 Å². The van der Waals surface area contributed by atoms with Crippen molar-refractivity contribution < 1.29 is 0 Å². The van der Waals surface area contributed by atoms with E-state index < -0.39 is 0 Å². The molecule has 1 N–H and O–H groups in total. The van der Waals surface area contributed by atoms with E-state index in [0.29, 0.717) is 0 Å². The Balaban J connectivity index is 2.46. The number of nitrogens with zero attached hydrogens (tertiary/aromatic N) is 5. The van der Waals surface area contributed by atoms with Gasteiger partial charge in [-0.15, -0.1) is 0 Å². The Morgan fingerprint density at radius 3 is 1.57 bits per heavy atom. The average molecular weight is 300 g/mol. The van der Waals surface area contributed by atoms with Crippen molar-refractivity contribution in [3.8, 4) is 0 Å². The van der Waals surface area contributed by atoms with Crippen LogP contribution < -0.4 is 5.53 Å². The average Bonchev–Trinajstić information content (AvgIpc) is 2.40. The van der Waals surface area contributed by atoms with Crippen molar-refractivity contribution in [3.63, 3.8) is 0 Å². The molecule has 0 unspecified atom stereocenters. The van der Waals surface area contributed by atoms with Gasteiger partial charge >= 0.3 is 0 Å². The first-order valence-electron chi connectivity index (χ1n) is 8.07. The SMILES string of the molecule is CN(C)CCC1CN(CCN(C)C)NN(CCN(C)C)C1. The van der Waals surface area contributed by atoms with Crippen LogP contribution in [-0.4, -0.2) is 113 Å². The summed E-state index contributed by atoms with van der Waals surface area (Å²) in [7, 11) is 12.9. The minimum absolute atomic E-state index is 0.748. The molecule has 126 valence electrons. The number of hydrogen-bond acceptors (Lipinski definition) is 6. The Labute approximate surface area is 131 Å². The summed E-state index contributed by atoms with van der Waals surface area (Å²) in [4.78, 5) is 6.78. The van der Waals surface area contributed by atoms with Gasteiger partial charge in [0.2, 0.25) is 0 Å². The van der Waals surface area contributed by atoms with Crippen LogP contribution in [0, 0.1) is 5.92 Å². The minimum atomic E-state index is 0.748. The van der Waals surface area contributed by atoms with Gasteiger partial charge in [-0.3, -0.25) is 0 Å². The summed E-state index contributed by atoms with van der Waals surface area (Å²) in [5.41, 5.74) is 3.58. The normalized spacial score (nSPS) is 19.3. The first kappa shape index (κ1) is 18.8. The highest BCUT2D eigenvalue weighted by Gasteiger charge is 2.24. The van der Waals surface area contributed by atoms with Crippen LogP contribution in [0.4, 0.5) is 0 Å². The number of nitrogens with one attached hydrogen (secondary N) is 1. The van der Waals surface area contributed by atoms with Crippen molar-refractivity contribution in [1.29, 1.82) is 0 Å². The van der Waals surface area contributed by atoms with E-state index in [9.17, 15) is 0 Å². The van der Waals surface area contributed by atoms with E-state index in [2.05, 4.69) is 72.5 Å². The Kier molecular flexibility index (Phi) is 8.70. The van der Waals surface area contributed by atoms with Crippen LogP contribution >= 0.6 is 0 Å². The van der Waals surface area contributed by atoms with Crippen molar-refractivity contribution in [1.82, 2.24) is 30.3 Å². The zero-order valence-corrected chi connectivity index (χ0v) is 15.0. The zero-order valence-electron chi connectivity index (χ0n) is 15.0. The van der Waals surface area contributed by atoms with Crippen molar-refractivity contribution in [2.75, 3.05) is 88.1 Å². The summed E-state index contributed by atoms with van der Waals surface area (Å²) in [6.45, 7) is 7.81. The van der Waals surface area contributed by atoms with Gasteiger partial charge in [-0.25, -0.2) is 10.0 Å². The van der Waals surface area contributed by atoms with E-state index in [1.807, 2.05) is 0 Å². The Morgan fingerprint density at radius 1 is 0.762 bits per heavy atom. The van der Waals surface area contributed by atoms with Gasteiger partial charge in [-0.05, 0) is 61.2 Å². The van der Waals surface area contributed by atoms with Crippen LogP contribution in [-0.2, 0) is 0 Å². The summed E-state index contributed by atoms with van der Waals surface area (Å²) in [5, 5.41) is 4.78. The molecular formula is C15H36N6. The molecule has 6 heteroatoms. The number of rotatable bonds is 9. The van der Waals surface area contributed by atoms with Gasteiger partial charge in [0, 0.05) is 39.3 Å². The molecule has 0 atom stereocenters. The minimum Gasteiger partial charge on any atom is -0.309 e. The van der Waals surface area contributed by atoms with Crippen LogP contribution in [0.5, 0.6) is 0 Å². The summed E-state index contributed by atoms with van der Waals surface area (Å²) in [5.74, 6) is 0.748. The molecule has 0 aromatic carbocycles. The fourth-order valence-electron chi connectivity index (χ4n) is 2.51. The highest BCUT2D eigenvalue weighted by atomic mass is 15.8. The van der Waals surface area contributed by atoms with Crippen molar-refractivity contribution in [3.05, 3.63) is 0 Å². The molecule has 0 bridgehead atoms. The topological polar surface area (TPSA) is 28.2 Å². The van der Waals surface area contributed by atoms with Crippen LogP contribution in [0.15, 0.2) is 0 Å². The number of hydrogen-bond donors (Lipinski definition) is 1. The molecular weight excluding hydrogens is 264 g/mol. The smallest absolute Gasteiger partial charge is 0.0272 e. The highest BCUT2D eigenvalue weighted by Crippen LogP contribution is 2.12. The van der Waals surface area contributed by atoms with E-state index in [1.165, 1.54) is 13.0 Å². The quantitative estimate of drug-likeness (QED) is 0.629. The number of hydrazine groups is 2. The molecule has 6 nitrogen and oxygen atoms in total. The maximum atomic E-state index is 3.58. The monoisotopic (exact) mass is 300 g/mol. The van der Waals surface area contributed by atoms with Gasteiger partial charge in [0.25, 0.3) is 0 Å². The second-order valence-electron chi connectivity index (χ2n) is 7.06. The predicted molar refractivity (Wildman–Crippen MR) is 90.1 cm³/mol. The molecule has 1 saturated heterocycles. The highest BCUT2D eigenvalue weighted by molar-refractivity contribution is 4.74. The van der Waals surface area contributed by atoms with Gasteiger partial charge in [0.15, 0.2) is 0 Å². The second kappa shape index (κ2) is 9.71. The van der Waals surface area contributed by atoms with E-state index in [4.69, 9.17) is 0 Å². The molecule has 0 radical (unpaired) electrons. The van der Waals surface area contributed by atoms with E-state index in [-0.39, 0.29) is 0 Å². The summed E-state index contributed by atoms with van der Waals surface area (Å²) in [6, 6.07) is 0. The summed E-state index contributed by atoms with van der Waals surface area (Å²) < 4.78 is 0. The summed E-state index contributed by atoms with van der Waals surface area (Å²) >= 11 is 0. The van der Waals surface area contributed by atoms with Crippen molar-refractivity contribution >= 4 is 0 Å². The lowest BCUT2D eigenvalue weighted by molar-refractivity contribution is -0.0501. The predicted octanol–water partition coefficient (Wildman–Crippen LogP) is -0.285. The maximum absolute atomic E-state index is 3.58. The van der Waals surface area contributed by atoms with Gasteiger partial charge in [-0.2, -0.15) is 5.53 Å². The Hall–Kier alpha value is -0.240. The lowest BCUT2D eigenvalue weighted by atomic mass is 10.0. The Morgan fingerprint density at radius 2 is 1.19 bits per heavy atom. The van der Waals surface area contributed by atoms with Crippen LogP contribution in [0.25, 0.3) is 0 Å². The van der Waals surface area contributed by atoms with E-state index in [1.54, 1.807) is 0 Å². The van der Waals surface area contributed by atoms with Crippen LogP contribution in [0.3, 0.4) is 0 Å². The molecule has 0 saturated carbocycles. The van der Waals surface area contributed by atoms with Gasteiger partial charge in [-0.1, -0.05) is 0 Å². The number of likely N-dealkylation sites (N-methyl/N-ethyl adjacent to an activating group) is 2. The summed E-state index contributed by atoms with van der Waals surface area (Å²) in [6.07, 6.45) is 1.27. The lowest BCUT2D eigenvalue weighted by Crippen LogP contribution is -2.60. The lowest BCUT2D eigenvalue weighted by Gasteiger charge is -2.41. The second-order valence-corrected chi connectivity index (χ2v) is 7.06. The first-order valence-corrected chi connectivity index (χ1v) is 8.07. The first-order chi connectivity index (χ1) is 9.86. The van der Waals surface area contributed by atoms with Gasteiger partial charge in [0.1, 0.15) is 0 Å². The van der Waals surface area contributed by atoms with Crippen molar-refractivity contribution in [2.24, 2.45) is 5.92 Å². The Bertz CT molecular complexity index is 220. The third-order valence-corrected chi connectivity index (χ3v) is 3.86. The van der Waals surface area contributed by atoms with Gasteiger partial charge < -0.3 is 14.7 Å². The molecule has 1 heterocycles. The van der Waals surface area contributed by atoms with Crippen LogP contribution in [0.2, 0.25) is 0 Å². The molecule has 0 amide bonds. The van der Waals surface area contributed by atoms with E-state index >= 15 is 0 Å². The molecule has 1 aliphatic heterocycles. The third-order valence-electron chi connectivity index (χ3n) is 3.86. The maximum Gasteiger partial charge on any atom is 0.0272 e. The fraction of sp³-hybridized carbons (Fsp3) is 1.00.